The van der Waals surface area contributed by atoms with Gasteiger partial charge in [0.2, 0.25) is 0 Å². The Labute approximate surface area is 176 Å². The number of aromatic nitrogens is 4. The van der Waals surface area contributed by atoms with E-state index in [0.717, 1.165) is 5.82 Å². The van der Waals surface area contributed by atoms with Crippen LogP contribution in [-0.4, -0.2) is 61.7 Å². The molecule has 2 aromatic heterocycles. The number of nitro groups is 1. The van der Waals surface area contributed by atoms with Gasteiger partial charge in [-0.25, -0.2) is 4.98 Å². The zero-order valence-corrected chi connectivity index (χ0v) is 16.9. The first-order valence-corrected chi connectivity index (χ1v) is 9.64. The Balaban J connectivity index is 1.44. The molecule has 0 aliphatic carbocycles. The molecule has 30 heavy (non-hydrogen) atoms. The summed E-state index contributed by atoms with van der Waals surface area (Å²) in [6.45, 7) is 3.78. The number of nitrogens with zero attached hydrogens (tertiary/aromatic N) is 7. The van der Waals surface area contributed by atoms with Gasteiger partial charge >= 0.3 is 0 Å². The van der Waals surface area contributed by atoms with Gasteiger partial charge < -0.3 is 9.80 Å². The second kappa shape index (κ2) is 8.07. The molecule has 4 rings (SSSR count). The second-order valence-corrected chi connectivity index (χ2v) is 7.23. The van der Waals surface area contributed by atoms with Crippen LogP contribution in [0.25, 0.3) is 5.82 Å². The van der Waals surface area contributed by atoms with Crippen molar-refractivity contribution in [3.63, 3.8) is 0 Å². The first-order valence-electron chi connectivity index (χ1n) is 9.26. The molecule has 1 aromatic carbocycles. The number of nitro benzene ring substituents is 1. The largest absolute Gasteiger partial charge is 0.352 e. The number of hydrogen-bond acceptors (Lipinski definition) is 7. The standard InChI is InChI=1S/C19H18ClN7O3/c1-13-21-6-7-26(13)18-5-4-17(22-23-18)24-8-10-25(11-9-24)19(28)15-12-14(20)2-3-16(15)27(29)30/h2-7,12H,8-11H2,1H3. The predicted molar refractivity (Wildman–Crippen MR) is 110 cm³/mol. The average Bonchev–Trinajstić information content (AvgIpc) is 3.19. The number of imidazole rings is 1. The molecule has 0 unspecified atom stereocenters. The Hall–Kier alpha value is -3.53. The third-order valence-electron chi connectivity index (χ3n) is 4.99. The molecule has 3 heterocycles. The molecule has 3 aromatic rings. The highest BCUT2D eigenvalue weighted by Gasteiger charge is 2.28. The lowest BCUT2D eigenvalue weighted by atomic mass is 10.1. The number of piperazine rings is 1. The van der Waals surface area contributed by atoms with Crippen molar-refractivity contribution in [3.8, 4) is 5.82 Å². The fourth-order valence-corrected chi connectivity index (χ4v) is 3.56. The van der Waals surface area contributed by atoms with E-state index in [2.05, 4.69) is 15.2 Å². The van der Waals surface area contributed by atoms with E-state index in [4.69, 9.17) is 11.6 Å². The van der Waals surface area contributed by atoms with Crippen molar-refractivity contribution in [2.24, 2.45) is 0 Å². The molecule has 1 saturated heterocycles. The third kappa shape index (κ3) is 3.81. The summed E-state index contributed by atoms with van der Waals surface area (Å²) in [5.41, 5.74) is -0.246. The summed E-state index contributed by atoms with van der Waals surface area (Å²) in [5.74, 6) is 1.80. The van der Waals surface area contributed by atoms with Crippen molar-refractivity contribution in [2.45, 2.75) is 6.92 Å². The minimum atomic E-state index is -0.570. The van der Waals surface area contributed by atoms with Crippen molar-refractivity contribution in [2.75, 3.05) is 31.1 Å². The Bertz CT molecular complexity index is 1090. The summed E-state index contributed by atoms with van der Waals surface area (Å²) in [4.78, 5) is 31.3. The molecule has 1 fully saturated rings. The maximum absolute atomic E-state index is 12.8. The fourth-order valence-electron chi connectivity index (χ4n) is 3.38. The summed E-state index contributed by atoms with van der Waals surface area (Å²) in [6, 6.07) is 7.74. The van der Waals surface area contributed by atoms with E-state index in [1.165, 1.54) is 18.2 Å². The van der Waals surface area contributed by atoms with Gasteiger partial charge in [-0.15, -0.1) is 10.2 Å². The summed E-state index contributed by atoms with van der Waals surface area (Å²) < 4.78 is 1.84. The highest BCUT2D eigenvalue weighted by atomic mass is 35.5. The zero-order chi connectivity index (χ0) is 21.3. The molecule has 0 atom stereocenters. The zero-order valence-electron chi connectivity index (χ0n) is 16.1. The van der Waals surface area contributed by atoms with Crippen molar-refractivity contribution in [1.29, 1.82) is 0 Å². The molecule has 0 radical (unpaired) electrons. The maximum Gasteiger partial charge on any atom is 0.282 e. The van der Waals surface area contributed by atoms with E-state index in [-0.39, 0.29) is 16.3 Å². The van der Waals surface area contributed by atoms with E-state index in [1.54, 1.807) is 11.1 Å². The summed E-state index contributed by atoms with van der Waals surface area (Å²) in [7, 11) is 0. The quantitative estimate of drug-likeness (QED) is 0.464. The third-order valence-corrected chi connectivity index (χ3v) is 5.22. The lowest BCUT2D eigenvalue weighted by Crippen LogP contribution is -2.49. The molecule has 0 N–H and O–H groups in total. The number of carbonyl (C=O) groups is 1. The Morgan fingerprint density at radius 1 is 1.10 bits per heavy atom. The van der Waals surface area contributed by atoms with E-state index in [1.807, 2.05) is 34.7 Å². The van der Waals surface area contributed by atoms with Gasteiger partial charge in [-0.3, -0.25) is 19.5 Å². The van der Waals surface area contributed by atoms with Crippen LogP contribution in [0.4, 0.5) is 11.5 Å². The minimum Gasteiger partial charge on any atom is -0.352 e. The molecule has 0 saturated carbocycles. The molecule has 0 spiro atoms. The number of hydrogen-bond donors (Lipinski definition) is 0. The Morgan fingerprint density at radius 3 is 2.40 bits per heavy atom. The molecule has 10 nitrogen and oxygen atoms in total. The number of anilines is 1. The van der Waals surface area contributed by atoms with Crippen LogP contribution in [0.2, 0.25) is 5.02 Å². The van der Waals surface area contributed by atoms with Crippen molar-refractivity contribution < 1.29 is 9.72 Å². The number of benzene rings is 1. The van der Waals surface area contributed by atoms with Gasteiger partial charge in [0.15, 0.2) is 11.6 Å². The molecular formula is C19H18ClN7O3. The van der Waals surface area contributed by atoms with Gasteiger partial charge in [0.05, 0.1) is 4.92 Å². The van der Waals surface area contributed by atoms with Crippen LogP contribution in [0.5, 0.6) is 0 Å². The lowest BCUT2D eigenvalue weighted by Gasteiger charge is -2.35. The Kier molecular flexibility index (Phi) is 5.32. The number of rotatable bonds is 4. The summed E-state index contributed by atoms with van der Waals surface area (Å²) in [6.07, 6.45) is 3.52. The molecule has 11 heteroatoms. The minimum absolute atomic E-state index is 0.000738. The van der Waals surface area contributed by atoms with Gasteiger partial charge in [0.25, 0.3) is 11.6 Å². The van der Waals surface area contributed by atoms with E-state index >= 15 is 0 Å². The lowest BCUT2D eigenvalue weighted by molar-refractivity contribution is -0.385. The van der Waals surface area contributed by atoms with Gasteiger partial charge in [0.1, 0.15) is 11.4 Å². The normalized spacial score (nSPS) is 14.1. The fraction of sp³-hybridized carbons (Fsp3) is 0.263. The number of halogens is 1. The second-order valence-electron chi connectivity index (χ2n) is 6.79. The highest BCUT2D eigenvalue weighted by molar-refractivity contribution is 6.31. The molecule has 154 valence electrons. The van der Waals surface area contributed by atoms with Gasteiger partial charge in [0, 0.05) is 49.7 Å². The molecule has 1 aliphatic heterocycles. The van der Waals surface area contributed by atoms with E-state index in [0.29, 0.717) is 37.8 Å². The van der Waals surface area contributed by atoms with Crippen LogP contribution >= 0.6 is 11.6 Å². The number of carbonyl (C=O) groups excluding carboxylic acids is 1. The van der Waals surface area contributed by atoms with Gasteiger partial charge in [-0.05, 0) is 31.2 Å². The van der Waals surface area contributed by atoms with Crippen LogP contribution in [0, 0.1) is 17.0 Å². The SMILES string of the molecule is Cc1nccn1-c1ccc(N2CCN(C(=O)c3cc(Cl)ccc3[N+](=O)[O-])CC2)nn1. The van der Waals surface area contributed by atoms with Crippen LogP contribution in [0.3, 0.4) is 0 Å². The predicted octanol–water partition coefficient (Wildman–Crippen LogP) is 2.49. The molecular weight excluding hydrogens is 410 g/mol. The molecule has 1 amide bonds. The van der Waals surface area contributed by atoms with E-state index < -0.39 is 10.8 Å². The topological polar surface area (TPSA) is 110 Å². The summed E-state index contributed by atoms with van der Waals surface area (Å²) in [5, 5.41) is 20.1. The first kappa shape index (κ1) is 19.8. The highest BCUT2D eigenvalue weighted by Crippen LogP contribution is 2.25. The average molecular weight is 428 g/mol. The summed E-state index contributed by atoms with van der Waals surface area (Å²) >= 11 is 5.94. The maximum atomic E-state index is 12.8. The number of amides is 1. The first-order chi connectivity index (χ1) is 14.4. The Morgan fingerprint density at radius 2 is 1.80 bits per heavy atom. The molecule has 0 bridgehead atoms. The van der Waals surface area contributed by atoms with Crippen LogP contribution in [-0.2, 0) is 0 Å². The van der Waals surface area contributed by atoms with Crippen molar-refractivity contribution in [1.82, 2.24) is 24.6 Å². The molecule has 1 aliphatic rings. The monoisotopic (exact) mass is 427 g/mol. The van der Waals surface area contributed by atoms with Crippen LogP contribution in [0.15, 0.2) is 42.7 Å². The van der Waals surface area contributed by atoms with Crippen LogP contribution in [0.1, 0.15) is 16.2 Å². The van der Waals surface area contributed by atoms with Crippen molar-refractivity contribution >= 4 is 29.0 Å². The van der Waals surface area contributed by atoms with Gasteiger partial charge in [-0.2, -0.15) is 0 Å². The van der Waals surface area contributed by atoms with Crippen molar-refractivity contribution in [3.05, 3.63) is 69.3 Å². The van der Waals surface area contributed by atoms with Gasteiger partial charge in [-0.1, -0.05) is 11.6 Å². The van der Waals surface area contributed by atoms with E-state index in [9.17, 15) is 14.9 Å². The number of aryl methyl sites for hydroxylation is 1. The smallest absolute Gasteiger partial charge is 0.282 e. The van der Waals surface area contributed by atoms with Crippen LogP contribution < -0.4 is 4.90 Å².